The third-order valence-corrected chi connectivity index (χ3v) is 7.55. The first-order chi connectivity index (χ1) is 14.5. The Morgan fingerprint density at radius 2 is 2.13 bits per heavy atom. The van der Waals surface area contributed by atoms with Crippen molar-refractivity contribution in [3.63, 3.8) is 0 Å². The van der Waals surface area contributed by atoms with Gasteiger partial charge < -0.3 is 9.15 Å². The molecule has 0 unspecified atom stereocenters. The van der Waals surface area contributed by atoms with E-state index in [9.17, 15) is 9.59 Å². The second kappa shape index (κ2) is 8.98. The van der Waals surface area contributed by atoms with E-state index < -0.39 is 5.97 Å². The predicted octanol–water partition coefficient (Wildman–Crippen LogP) is 5.05. The van der Waals surface area contributed by atoms with Gasteiger partial charge in [-0.1, -0.05) is 25.6 Å². The van der Waals surface area contributed by atoms with E-state index in [4.69, 9.17) is 14.1 Å². The van der Waals surface area contributed by atoms with E-state index >= 15 is 0 Å². The standard InChI is InChI=1S/C22H26N2O4S2/c1-13(2)10-11-24-20(25)18-15-6-4-5-7-17(15)30-19(18)23-22(24)29-12-14-8-9-16(28-14)21(26)27-3/h8-9,13H,4-7,10-12H2,1-3H3. The summed E-state index contributed by atoms with van der Waals surface area (Å²) in [7, 11) is 1.33. The number of thioether (sulfide) groups is 1. The first-order valence-corrected chi connectivity index (χ1v) is 12.1. The van der Waals surface area contributed by atoms with Crippen molar-refractivity contribution in [2.45, 2.75) is 63.4 Å². The highest BCUT2D eigenvalue weighted by atomic mass is 32.2. The molecule has 3 aromatic heterocycles. The number of carbonyl (C=O) groups excluding carboxylic acids is 1. The molecular formula is C22H26N2O4S2. The van der Waals surface area contributed by atoms with Crippen molar-refractivity contribution >= 4 is 39.3 Å². The molecule has 1 aliphatic rings. The van der Waals surface area contributed by atoms with Crippen LogP contribution >= 0.6 is 23.1 Å². The highest BCUT2D eigenvalue weighted by molar-refractivity contribution is 7.98. The molecule has 0 saturated carbocycles. The molecule has 6 nitrogen and oxygen atoms in total. The number of aryl methyl sites for hydroxylation is 2. The van der Waals surface area contributed by atoms with Crippen molar-refractivity contribution in [3.8, 4) is 0 Å². The molecule has 0 aromatic carbocycles. The molecule has 3 aromatic rings. The summed E-state index contributed by atoms with van der Waals surface area (Å²) in [6, 6.07) is 3.37. The number of furan rings is 1. The van der Waals surface area contributed by atoms with E-state index in [0.717, 1.165) is 35.9 Å². The van der Waals surface area contributed by atoms with Crippen LogP contribution in [0.3, 0.4) is 0 Å². The topological polar surface area (TPSA) is 74.3 Å². The SMILES string of the molecule is COC(=O)c1ccc(CSc2nc3sc4c(c3c(=O)n2CCC(C)C)CCCC4)o1. The molecule has 0 atom stereocenters. The van der Waals surface area contributed by atoms with Crippen LogP contribution in [-0.4, -0.2) is 22.6 Å². The predicted molar refractivity (Wildman–Crippen MR) is 120 cm³/mol. The van der Waals surface area contributed by atoms with Crippen molar-refractivity contribution in [1.29, 1.82) is 0 Å². The molecule has 30 heavy (non-hydrogen) atoms. The minimum absolute atomic E-state index is 0.0808. The van der Waals surface area contributed by atoms with E-state index in [0.29, 0.717) is 29.1 Å². The van der Waals surface area contributed by atoms with Crippen molar-refractivity contribution in [1.82, 2.24) is 9.55 Å². The zero-order valence-corrected chi connectivity index (χ0v) is 19.2. The van der Waals surface area contributed by atoms with Crippen LogP contribution in [0.25, 0.3) is 10.2 Å². The van der Waals surface area contributed by atoms with E-state index in [1.54, 1.807) is 23.5 Å². The molecule has 1 aliphatic carbocycles. The lowest BCUT2D eigenvalue weighted by atomic mass is 9.97. The third-order valence-electron chi connectivity index (χ3n) is 5.36. The fourth-order valence-electron chi connectivity index (χ4n) is 3.72. The number of esters is 1. The van der Waals surface area contributed by atoms with E-state index in [1.165, 1.54) is 35.7 Å². The van der Waals surface area contributed by atoms with E-state index in [1.807, 2.05) is 4.57 Å². The summed E-state index contributed by atoms with van der Waals surface area (Å²) >= 11 is 3.14. The number of ether oxygens (including phenoxy) is 1. The maximum absolute atomic E-state index is 13.5. The fourth-order valence-corrected chi connectivity index (χ4v) is 5.94. The van der Waals surface area contributed by atoms with Gasteiger partial charge in [0.15, 0.2) is 5.16 Å². The van der Waals surface area contributed by atoms with Crippen LogP contribution < -0.4 is 5.56 Å². The van der Waals surface area contributed by atoms with Gasteiger partial charge in [0, 0.05) is 11.4 Å². The summed E-state index contributed by atoms with van der Waals surface area (Å²) in [6.45, 7) is 4.97. The molecule has 8 heteroatoms. The second-order valence-corrected chi connectivity index (χ2v) is 10.00. The van der Waals surface area contributed by atoms with Gasteiger partial charge in [-0.15, -0.1) is 11.3 Å². The van der Waals surface area contributed by atoms with Crippen molar-refractivity contribution in [2.75, 3.05) is 7.11 Å². The summed E-state index contributed by atoms with van der Waals surface area (Å²) < 4.78 is 12.1. The Bertz CT molecular complexity index is 1130. The van der Waals surface area contributed by atoms with Gasteiger partial charge in [-0.2, -0.15) is 0 Å². The summed E-state index contributed by atoms with van der Waals surface area (Å²) in [5.41, 5.74) is 1.31. The zero-order valence-electron chi connectivity index (χ0n) is 17.5. The third kappa shape index (κ3) is 4.21. The largest absolute Gasteiger partial charge is 0.463 e. The summed E-state index contributed by atoms with van der Waals surface area (Å²) in [5.74, 6) is 1.32. The average molecular weight is 447 g/mol. The van der Waals surface area contributed by atoms with Crippen LogP contribution in [0, 0.1) is 5.92 Å². The second-order valence-electron chi connectivity index (χ2n) is 7.97. The Morgan fingerprint density at radius 3 is 2.90 bits per heavy atom. The molecule has 3 heterocycles. The first-order valence-electron chi connectivity index (χ1n) is 10.3. The number of methoxy groups -OCH3 is 1. The van der Waals surface area contributed by atoms with Crippen LogP contribution in [0.4, 0.5) is 0 Å². The van der Waals surface area contributed by atoms with Gasteiger partial charge in [-0.3, -0.25) is 9.36 Å². The normalized spacial score (nSPS) is 13.7. The molecule has 0 bridgehead atoms. The summed E-state index contributed by atoms with van der Waals surface area (Å²) in [4.78, 5) is 32.2. The molecule has 0 saturated heterocycles. The first kappa shape index (κ1) is 21.2. The van der Waals surface area contributed by atoms with E-state index in [2.05, 4.69) is 13.8 Å². The number of hydrogen-bond donors (Lipinski definition) is 0. The summed E-state index contributed by atoms with van der Waals surface area (Å²) in [5, 5.41) is 1.54. The Morgan fingerprint density at radius 1 is 1.33 bits per heavy atom. The Balaban J connectivity index is 1.68. The summed E-state index contributed by atoms with van der Waals surface area (Å²) in [6.07, 6.45) is 5.27. The maximum Gasteiger partial charge on any atom is 0.373 e. The molecule has 160 valence electrons. The van der Waals surface area contributed by atoms with E-state index in [-0.39, 0.29) is 11.3 Å². The number of aromatic nitrogens is 2. The van der Waals surface area contributed by atoms with Crippen molar-refractivity contribution < 1.29 is 13.9 Å². The van der Waals surface area contributed by atoms with Gasteiger partial charge in [0.1, 0.15) is 10.6 Å². The number of carbonyl (C=O) groups is 1. The lowest BCUT2D eigenvalue weighted by Crippen LogP contribution is -2.24. The van der Waals surface area contributed by atoms with Crippen LogP contribution in [-0.2, 0) is 29.9 Å². The van der Waals surface area contributed by atoms with Crippen molar-refractivity contribution in [3.05, 3.63) is 44.4 Å². The molecule has 0 amide bonds. The highest BCUT2D eigenvalue weighted by Crippen LogP contribution is 2.35. The number of nitrogens with zero attached hydrogens (tertiary/aromatic N) is 2. The minimum atomic E-state index is -0.496. The van der Waals surface area contributed by atoms with Crippen LogP contribution in [0.2, 0.25) is 0 Å². The molecule has 0 fully saturated rings. The molecule has 0 aliphatic heterocycles. The number of rotatable bonds is 7. The number of fused-ring (bicyclic) bond motifs is 3. The van der Waals surface area contributed by atoms with Crippen LogP contribution in [0.15, 0.2) is 26.5 Å². The number of thiophene rings is 1. The Labute approximate surface area is 183 Å². The molecule has 0 radical (unpaired) electrons. The zero-order chi connectivity index (χ0) is 21.3. The monoisotopic (exact) mass is 446 g/mol. The average Bonchev–Trinajstić information content (AvgIpc) is 3.35. The van der Waals surface area contributed by atoms with Crippen molar-refractivity contribution in [2.24, 2.45) is 5.92 Å². The van der Waals surface area contributed by atoms with Gasteiger partial charge >= 0.3 is 5.97 Å². The quantitative estimate of drug-likeness (QED) is 0.287. The van der Waals surface area contributed by atoms with Gasteiger partial charge in [-0.25, -0.2) is 9.78 Å². The smallest absolute Gasteiger partial charge is 0.373 e. The van der Waals surface area contributed by atoms with Crippen LogP contribution in [0.5, 0.6) is 0 Å². The molecule has 4 rings (SSSR count). The lowest BCUT2D eigenvalue weighted by Gasteiger charge is -2.14. The molecular weight excluding hydrogens is 420 g/mol. The van der Waals surface area contributed by atoms with Gasteiger partial charge in [0.2, 0.25) is 5.76 Å². The molecule has 0 N–H and O–H groups in total. The Kier molecular flexibility index (Phi) is 6.34. The van der Waals surface area contributed by atoms with Gasteiger partial charge in [0.25, 0.3) is 5.56 Å². The molecule has 0 spiro atoms. The highest BCUT2D eigenvalue weighted by Gasteiger charge is 2.22. The van der Waals surface area contributed by atoms with Gasteiger partial charge in [-0.05, 0) is 55.7 Å². The van der Waals surface area contributed by atoms with Gasteiger partial charge in [0.05, 0.1) is 18.2 Å². The minimum Gasteiger partial charge on any atom is -0.463 e. The number of hydrogen-bond acceptors (Lipinski definition) is 7. The maximum atomic E-state index is 13.5. The lowest BCUT2D eigenvalue weighted by molar-refractivity contribution is 0.0563. The fraction of sp³-hybridized carbons (Fsp3) is 0.500. The van der Waals surface area contributed by atoms with Crippen LogP contribution in [0.1, 0.15) is 59.9 Å². The Hall–Kier alpha value is -2.06.